The van der Waals surface area contributed by atoms with Crippen LogP contribution in [0.1, 0.15) is 36.0 Å². The molecule has 0 aromatic heterocycles. The maximum atomic E-state index is 5.57. The minimum Gasteiger partial charge on any atom is -0.330 e. The molecule has 2 N–H and O–H groups in total. The number of nitrogens with two attached hydrogens (primary N) is 1. The lowest BCUT2D eigenvalue weighted by Crippen LogP contribution is -2.02. The molecule has 2 aromatic rings. The molecule has 2 aromatic carbocycles. The van der Waals surface area contributed by atoms with Crippen molar-refractivity contribution in [2.24, 2.45) is 5.73 Å². The lowest BCUT2D eigenvalue weighted by Gasteiger charge is -2.12. The normalized spacial score (nSPS) is 12.3. The first-order valence-electron chi connectivity index (χ1n) is 7.12. The molecule has 0 aliphatic carbocycles. The largest absolute Gasteiger partial charge is 0.330 e. The van der Waals surface area contributed by atoms with E-state index in [0.29, 0.717) is 5.92 Å². The number of benzene rings is 2. The van der Waals surface area contributed by atoms with Crippen molar-refractivity contribution in [3.8, 4) is 0 Å². The molecule has 19 heavy (non-hydrogen) atoms. The molecule has 1 unspecified atom stereocenters. The van der Waals surface area contributed by atoms with Crippen LogP contribution in [0.25, 0.3) is 0 Å². The van der Waals surface area contributed by atoms with Gasteiger partial charge in [0.15, 0.2) is 0 Å². The maximum absolute atomic E-state index is 5.57. The van der Waals surface area contributed by atoms with Crippen LogP contribution in [-0.4, -0.2) is 6.54 Å². The van der Waals surface area contributed by atoms with Crippen LogP contribution >= 0.6 is 0 Å². The zero-order valence-electron chi connectivity index (χ0n) is 11.7. The van der Waals surface area contributed by atoms with Crippen LogP contribution in [-0.2, 0) is 12.8 Å². The van der Waals surface area contributed by atoms with Crippen molar-refractivity contribution in [1.82, 2.24) is 0 Å². The van der Waals surface area contributed by atoms with Gasteiger partial charge in [0.25, 0.3) is 0 Å². The van der Waals surface area contributed by atoms with Gasteiger partial charge < -0.3 is 5.73 Å². The van der Waals surface area contributed by atoms with Crippen LogP contribution < -0.4 is 5.73 Å². The molecule has 0 aliphatic rings. The van der Waals surface area contributed by atoms with E-state index >= 15 is 0 Å². The third-order valence-electron chi connectivity index (χ3n) is 3.57. The van der Waals surface area contributed by atoms with E-state index in [-0.39, 0.29) is 0 Å². The Kier molecular flexibility index (Phi) is 5.17. The summed E-state index contributed by atoms with van der Waals surface area (Å²) in [7, 11) is 0. The van der Waals surface area contributed by atoms with Gasteiger partial charge in [-0.05, 0) is 48.4 Å². The Morgan fingerprint density at radius 3 is 2.42 bits per heavy atom. The van der Waals surface area contributed by atoms with E-state index in [1.165, 1.54) is 16.7 Å². The molecule has 2 rings (SSSR count). The van der Waals surface area contributed by atoms with Gasteiger partial charge in [-0.3, -0.25) is 0 Å². The predicted octanol–water partition coefficient (Wildman–Crippen LogP) is 3.92. The van der Waals surface area contributed by atoms with E-state index in [0.717, 1.165) is 25.8 Å². The second kappa shape index (κ2) is 7.10. The van der Waals surface area contributed by atoms with E-state index < -0.39 is 0 Å². The first kappa shape index (κ1) is 13.8. The Morgan fingerprint density at radius 2 is 1.68 bits per heavy atom. The Bertz CT molecular complexity index is 490. The summed E-state index contributed by atoms with van der Waals surface area (Å²) in [5.74, 6) is 0.561. The van der Waals surface area contributed by atoms with Crippen molar-refractivity contribution >= 4 is 0 Å². The molecule has 0 bridgehead atoms. The van der Waals surface area contributed by atoms with Gasteiger partial charge in [-0.25, -0.2) is 0 Å². The average Bonchev–Trinajstić information content (AvgIpc) is 2.46. The molecular formula is C18H23N. The summed E-state index contributed by atoms with van der Waals surface area (Å²) in [6, 6.07) is 19.6. The van der Waals surface area contributed by atoms with E-state index in [1.807, 2.05) is 0 Å². The first-order valence-corrected chi connectivity index (χ1v) is 7.12. The minimum atomic E-state index is 0.561. The van der Waals surface area contributed by atoms with Crippen LogP contribution in [0.5, 0.6) is 0 Å². The Morgan fingerprint density at radius 1 is 0.947 bits per heavy atom. The van der Waals surface area contributed by atoms with E-state index in [4.69, 9.17) is 5.73 Å². The SMILES string of the molecule is CC(Cc1cccc(CCCN)c1)c1ccccc1. The van der Waals surface area contributed by atoms with Crippen LogP contribution in [0, 0.1) is 0 Å². The second-order valence-electron chi connectivity index (χ2n) is 5.23. The van der Waals surface area contributed by atoms with Gasteiger partial charge >= 0.3 is 0 Å². The fourth-order valence-corrected chi connectivity index (χ4v) is 2.47. The van der Waals surface area contributed by atoms with Crippen molar-refractivity contribution in [2.45, 2.75) is 32.1 Å². The van der Waals surface area contributed by atoms with E-state index in [2.05, 4.69) is 61.5 Å². The van der Waals surface area contributed by atoms with Gasteiger partial charge in [-0.1, -0.05) is 61.5 Å². The summed E-state index contributed by atoms with van der Waals surface area (Å²) >= 11 is 0. The van der Waals surface area contributed by atoms with Crippen molar-refractivity contribution in [3.63, 3.8) is 0 Å². The summed E-state index contributed by atoms with van der Waals surface area (Å²) in [5, 5.41) is 0. The van der Waals surface area contributed by atoms with Crippen LogP contribution in [0.4, 0.5) is 0 Å². The van der Waals surface area contributed by atoms with E-state index in [1.54, 1.807) is 0 Å². The molecule has 100 valence electrons. The highest BCUT2D eigenvalue weighted by molar-refractivity contribution is 5.27. The number of hydrogen-bond donors (Lipinski definition) is 1. The smallest absolute Gasteiger partial charge is 0.00741 e. The highest BCUT2D eigenvalue weighted by Crippen LogP contribution is 2.20. The third-order valence-corrected chi connectivity index (χ3v) is 3.57. The minimum absolute atomic E-state index is 0.561. The van der Waals surface area contributed by atoms with Gasteiger partial charge in [0.1, 0.15) is 0 Å². The number of rotatable bonds is 6. The van der Waals surface area contributed by atoms with Crippen LogP contribution in [0.3, 0.4) is 0 Å². The molecule has 0 fully saturated rings. The summed E-state index contributed by atoms with van der Waals surface area (Å²) < 4.78 is 0. The quantitative estimate of drug-likeness (QED) is 0.829. The third kappa shape index (κ3) is 4.22. The lowest BCUT2D eigenvalue weighted by atomic mass is 9.93. The average molecular weight is 253 g/mol. The highest BCUT2D eigenvalue weighted by Gasteiger charge is 2.06. The summed E-state index contributed by atoms with van der Waals surface area (Å²) in [4.78, 5) is 0. The zero-order valence-corrected chi connectivity index (χ0v) is 11.7. The number of aryl methyl sites for hydroxylation is 1. The molecule has 0 saturated carbocycles. The predicted molar refractivity (Wildman–Crippen MR) is 82.4 cm³/mol. The standard InChI is InChI=1S/C18H23N/c1-15(18-10-3-2-4-11-18)13-17-8-5-7-16(14-17)9-6-12-19/h2-5,7-8,10-11,14-15H,6,9,12-13,19H2,1H3. The van der Waals surface area contributed by atoms with Gasteiger partial charge in [0.05, 0.1) is 0 Å². The van der Waals surface area contributed by atoms with Gasteiger partial charge in [-0.2, -0.15) is 0 Å². The van der Waals surface area contributed by atoms with E-state index in [9.17, 15) is 0 Å². The molecule has 0 aliphatic heterocycles. The van der Waals surface area contributed by atoms with Crippen LogP contribution in [0.15, 0.2) is 54.6 Å². The number of hydrogen-bond acceptors (Lipinski definition) is 1. The van der Waals surface area contributed by atoms with Gasteiger partial charge in [-0.15, -0.1) is 0 Å². The Hall–Kier alpha value is -1.60. The summed E-state index contributed by atoms with van der Waals surface area (Å²) in [6.45, 7) is 3.06. The molecule has 0 spiro atoms. The van der Waals surface area contributed by atoms with Crippen molar-refractivity contribution in [2.75, 3.05) is 6.54 Å². The summed E-state index contributed by atoms with van der Waals surface area (Å²) in [5.41, 5.74) is 9.81. The second-order valence-corrected chi connectivity index (χ2v) is 5.23. The van der Waals surface area contributed by atoms with Gasteiger partial charge in [0, 0.05) is 0 Å². The molecule has 1 atom stereocenters. The summed E-state index contributed by atoms with van der Waals surface area (Å²) in [6.07, 6.45) is 3.25. The fraction of sp³-hybridized carbons (Fsp3) is 0.333. The topological polar surface area (TPSA) is 26.0 Å². The first-order chi connectivity index (χ1) is 9.29. The van der Waals surface area contributed by atoms with Crippen LogP contribution in [0.2, 0.25) is 0 Å². The molecule has 1 heteroatoms. The molecule has 0 saturated heterocycles. The van der Waals surface area contributed by atoms with Crippen molar-refractivity contribution in [1.29, 1.82) is 0 Å². The van der Waals surface area contributed by atoms with Gasteiger partial charge in [0.2, 0.25) is 0 Å². The Balaban J connectivity index is 2.02. The fourth-order valence-electron chi connectivity index (χ4n) is 2.47. The monoisotopic (exact) mass is 253 g/mol. The highest BCUT2D eigenvalue weighted by atomic mass is 14.5. The molecule has 1 nitrogen and oxygen atoms in total. The molecule has 0 radical (unpaired) electrons. The molecular weight excluding hydrogens is 230 g/mol. The van der Waals surface area contributed by atoms with Crippen molar-refractivity contribution in [3.05, 3.63) is 71.3 Å². The maximum Gasteiger partial charge on any atom is -0.00741 e. The lowest BCUT2D eigenvalue weighted by molar-refractivity contribution is 0.756. The molecule has 0 amide bonds. The molecule has 0 heterocycles. The Labute approximate surface area is 116 Å². The zero-order chi connectivity index (χ0) is 13.5. The van der Waals surface area contributed by atoms with Crippen molar-refractivity contribution < 1.29 is 0 Å².